The van der Waals surface area contributed by atoms with Crippen molar-refractivity contribution in [1.29, 1.82) is 0 Å². The Morgan fingerprint density at radius 3 is 2.85 bits per heavy atom. The summed E-state index contributed by atoms with van der Waals surface area (Å²) in [4.78, 5) is 11.2. The predicted octanol–water partition coefficient (Wildman–Crippen LogP) is 0.732. The zero-order valence-electron chi connectivity index (χ0n) is 11.2. The first-order valence-electron chi connectivity index (χ1n) is 6.73. The Hall–Kier alpha value is -2.08. The monoisotopic (exact) mass is 276 g/mol. The Bertz CT molecular complexity index is 465. The Kier molecular flexibility index (Phi) is 4.95. The molecule has 0 spiro atoms. The van der Waals surface area contributed by atoms with Gasteiger partial charge in [0.2, 0.25) is 5.91 Å². The van der Waals surface area contributed by atoms with Crippen molar-refractivity contribution in [2.75, 3.05) is 6.54 Å². The molecule has 2 rings (SSSR count). The summed E-state index contributed by atoms with van der Waals surface area (Å²) in [5, 5.41) is 18.1. The first-order valence-corrected chi connectivity index (χ1v) is 6.73. The highest BCUT2D eigenvalue weighted by Crippen LogP contribution is 2.19. The lowest BCUT2D eigenvalue weighted by Crippen LogP contribution is -2.47. The molecule has 1 aliphatic rings. The second-order valence-corrected chi connectivity index (χ2v) is 4.97. The molecule has 1 saturated heterocycles. The van der Waals surface area contributed by atoms with Gasteiger partial charge in [0.1, 0.15) is 5.84 Å². The van der Waals surface area contributed by atoms with Crippen LogP contribution < -0.4 is 16.4 Å². The molecule has 1 aliphatic heterocycles. The van der Waals surface area contributed by atoms with Crippen molar-refractivity contribution < 1.29 is 10.0 Å². The van der Waals surface area contributed by atoms with Gasteiger partial charge < -0.3 is 21.6 Å². The van der Waals surface area contributed by atoms with E-state index in [2.05, 4.69) is 15.8 Å². The van der Waals surface area contributed by atoms with E-state index in [4.69, 9.17) is 10.9 Å². The zero-order chi connectivity index (χ0) is 14.4. The molecule has 2 unspecified atom stereocenters. The lowest BCUT2D eigenvalue weighted by Gasteiger charge is -2.29. The molecule has 1 aromatic carbocycles. The molecule has 2 atom stereocenters. The highest BCUT2D eigenvalue weighted by Gasteiger charge is 2.22. The molecule has 1 heterocycles. The van der Waals surface area contributed by atoms with E-state index in [-0.39, 0.29) is 23.8 Å². The topological polar surface area (TPSA) is 99.7 Å². The maximum Gasteiger partial charge on any atom is 0.220 e. The van der Waals surface area contributed by atoms with E-state index in [1.165, 1.54) is 0 Å². The van der Waals surface area contributed by atoms with Crippen LogP contribution in [-0.4, -0.2) is 29.5 Å². The molecule has 6 nitrogen and oxygen atoms in total. The molecule has 0 saturated carbocycles. The number of carbonyl (C=O) groups excluding carboxylic acids is 1. The van der Waals surface area contributed by atoms with Crippen molar-refractivity contribution in [2.24, 2.45) is 10.9 Å². The number of nitrogens with two attached hydrogens (primary N) is 1. The number of piperidine rings is 1. The Morgan fingerprint density at radius 1 is 1.50 bits per heavy atom. The number of carbonyl (C=O) groups is 1. The number of rotatable bonds is 5. The second kappa shape index (κ2) is 6.91. The van der Waals surface area contributed by atoms with Gasteiger partial charge in [-0.2, -0.15) is 0 Å². The molecule has 1 aromatic rings. The van der Waals surface area contributed by atoms with Crippen LogP contribution in [0.5, 0.6) is 0 Å². The fourth-order valence-electron chi connectivity index (χ4n) is 2.37. The Labute approximate surface area is 118 Å². The van der Waals surface area contributed by atoms with Gasteiger partial charge >= 0.3 is 0 Å². The summed E-state index contributed by atoms with van der Waals surface area (Å²) < 4.78 is 0. The molecule has 6 heteroatoms. The summed E-state index contributed by atoms with van der Waals surface area (Å²) >= 11 is 0. The van der Waals surface area contributed by atoms with Crippen LogP contribution in [0.1, 0.15) is 30.9 Å². The normalized spacial score (nSPS) is 21.3. The van der Waals surface area contributed by atoms with E-state index in [9.17, 15) is 4.79 Å². The zero-order valence-corrected chi connectivity index (χ0v) is 11.2. The molecule has 0 radical (unpaired) electrons. The van der Waals surface area contributed by atoms with Gasteiger partial charge in [-0.15, -0.1) is 0 Å². The fourth-order valence-corrected chi connectivity index (χ4v) is 2.37. The van der Waals surface area contributed by atoms with Gasteiger partial charge in [0.25, 0.3) is 0 Å². The Morgan fingerprint density at radius 2 is 2.25 bits per heavy atom. The maximum absolute atomic E-state index is 11.2. The van der Waals surface area contributed by atoms with E-state index in [1.54, 1.807) is 0 Å². The summed E-state index contributed by atoms with van der Waals surface area (Å²) in [7, 11) is 0. The summed E-state index contributed by atoms with van der Waals surface area (Å²) in [5.41, 5.74) is 6.71. The van der Waals surface area contributed by atoms with Crippen LogP contribution in [0.2, 0.25) is 0 Å². The van der Waals surface area contributed by atoms with Gasteiger partial charge in [-0.1, -0.05) is 35.5 Å². The van der Waals surface area contributed by atoms with Crippen LogP contribution in [0, 0.1) is 0 Å². The third kappa shape index (κ3) is 3.96. The van der Waals surface area contributed by atoms with E-state index >= 15 is 0 Å². The first kappa shape index (κ1) is 14.3. The van der Waals surface area contributed by atoms with Gasteiger partial charge in [0, 0.05) is 31.5 Å². The second-order valence-electron chi connectivity index (χ2n) is 4.97. The molecular formula is C14H20N4O2. The van der Waals surface area contributed by atoms with Crippen LogP contribution in [0.3, 0.4) is 0 Å². The fraction of sp³-hybridized carbons (Fsp3) is 0.429. The summed E-state index contributed by atoms with van der Waals surface area (Å²) in [6.45, 7) is 0.609. The molecule has 0 aliphatic carbocycles. The van der Waals surface area contributed by atoms with Gasteiger partial charge in [0.15, 0.2) is 0 Å². The highest BCUT2D eigenvalue weighted by atomic mass is 16.4. The average Bonchev–Trinajstić information content (AvgIpc) is 2.49. The van der Waals surface area contributed by atoms with Crippen molar-refractivity contribution >= 4 is 11.7 Å². The quantitative estimate of drug-likeness (QED) is 0.276. The SMILES string of the molecule is NC(CC(NC1CCC(=O)NC1)c1ccccc1)=NO. The minimum absolute atomic E-state index is 0.0351. The minimum atomic E-state index is -0.0351. The maximum atomic E-state index is 11.2. The third-order valence-corrected chi connectivity index (χ3v) is 3.45. The summed E-state index contributed by atoms with van der Waals surface area (Å²) in [6, 6.07) is 10.0. The van der Waals surface area contributed by atoms with Crippen molar-refractivity contribution in [3.63, 3.8) is 0 Å². The molecule has 5 N–H and O–H groups in total. The van der Waals surface area contributed by atoms with Gasteiger partial charge in [0.05, 0.1) is 0 Å². The molecule has 108 valence electrons. The third-order valence-electron chi connectivity index (χ3n) is 3.45. The Balaban J connectivity index is 2.05. The molecule has 0 aromatic heterocycles. The summed E-state index contributed by atoms with van der Waals surface area (Å²) in [6.07, 6.45) is 1.75. The minimum Gasteiger partial charge on any atom is -0.409 e. The number of amides is 1. The molecular weight excluding hydrogens is 256 g/mol. The van der Waals surface area contributed by atoms with Crippen LogP contribution in [0.15, 0.2) is 35.5 Å². The lowest BCUT2D eigenvalue weighted by molar-refractivity contribution is -0.122. The van der Waals surface area contributed by atoms with Gasteiger partial charge in [-0.3, -0.25) is 4.79 Å². The number of amidine groups is 1. The van der Waals surface area contributed by atoms with E-state index in [0.29, 0.717) is 19.4 Å². The van der Waals surface area contributed by atoms with Crippen molar-refractivity contribution in [3.8, 4) is 0 Å². The highest BCUT2D eigenvalue weighted by molar-refractivity contribution is 5.80. The van der Waals surface area contributed by atoms with E-state index in [0.717, 1.165) is 12.0 Å². The van der Waals surface area contributed by atoms with Crippen LogP contribution >= 0.6 is 0 Å². The molecule has 1 fully saturated rings. The van der Waals surface area contributed by atoms with Gasteiger partial charge in [-0.05, 0) is 12.0 Å². The molecule has 1 amide bonds. The number of oxime groups is 1. The number of benzene rings is 1. The van der Waals surface area contributed by atoms with Crippen molar-refractivity contribution in [3.05, 3.63) is 35.9 Å². The first-order chi connectivity index (χ1) is 9.69. The number of nitrogens with zero attached hydrogens (tertiary/aromatic N) is 1. The standard InChI is InChI=1S/C14H20N4O2/c15-13(18-20)8-12(10-4-2-1-3-5-10)17-11-6-7-14(19)16-9-11/h1-5,11-12,17,20H,6-9H2,(H2,15,18)(H,16,19). The van der Waals surface area contributed by atoms with Crippen molar-refractivity contribution in [1.82, 2.24) is 10.6 Å². The van der Waals surface area contributed by atoms with E-state index < -0.39 is 0 Å². The largest absolute Gasteiger partial charge is 0.409 e. The average molecular weight is 276 g/mol. The smallest absolute Gasteiger partial charge is 0.220 e. The number of nitrogens with one attached hydrogen (secondary N) is 2. The number of hydrogen-bond acceptors (Lipinski definition) is 4. The van der Waals surface area contributed by atoms with Crippen LogP contribution in [-0.2, 0) is 4.79 Å². The molecule has 20 heavy (non-hydrogen) atoms. The predicted molar refractivity (Wildman–Crippen MR) is 76.4 cm³/mol. The summed E-state index contributed by atoms with van der Waals surface area (Å²) in [5.74, 6) is 0.280. The van der Waals surface area contributed by atoms with Gasteiger partial charge in [-0.25, -0.2) is 0 Å². The van der Waals surface area contributed by atoms with Crippen LogP contribution in [0.25, 0.3) is 0 Å². The molecule has 0 bridgehead atoms. The van der Waals surface area contributed by atoms with Crippen LogP contribution in [0.4, 0.5) is 0 Å². The van der Waals surface area contributed by atoms with E-state index in [1.807, 2.05) is 30.3 Å². The lowest BCUT2D eigenvalue weighted by atomic mass is 9.99. The van der Waals surface area contributed by atoms with Crippen molar-refractivity contribution in [2.45, 2.75) is 31.3 Å². The number of hydrogen-bond donors (Lipinski definition) is 4.